The first-order chi connectivity index (χ1) is 8.35. The summed E-state index contributed by atoms with van der Waals surface area (Å²) in [6, 6.07) is 1.22. The summed E-state index contributed by atoms with van der Waals surface area (Å²) < 4.78 is 11.2. The van der Waals surface area contributed by atoms with Crippen molar-refractivity contribution in [1.29, 1.82) is 0 Å². The molecule has 0 aromatic carbocycles. The van der Waals surface area contributed by atoms with Gasteiger partial charge in [-0.15, -0.1) is 0 Å². The minimum absolute atomic E-state index is 0.262. The molecule has 2 rings (SSSR count). The van der Waals surface area contributed by atoms with Crippen molar-refractivity contribution in [3.8, 4) is 0 Å². The molecular weight excluding hydrogens is 214 g/mol. The van der Waals surface area contributed by atoms with Crippen molar-refractivity contribution in [3.63, 3.8) is 0 Å². The minimum atomic E-state index is 0.262. The highest BCUT2D eigenvalue weighted by molar-refractivity contribution is 4.98. The van der Waals surface area contributed by atoms with Gasteiger partial charge >= 0.3 is 0 Å². The van der Waals surface area contributed by atoms with Crippen LogP contribution in [0.3, 0.4) is 0 Å². The van der Waals surface area contributed by atoms with E-state index in [1.165, 1.54) is 38.5 Å². The SMILES string of the molecule is CCO[C@@H]1C[C@H](NC2CCCCCC2)[C@H]1OC. The van der Waals surface area contributed by atoms with Crippen LogP contribution in [0.15, 0.2) is 0 Å². The quantitative estimate of drug-likeness (QED) is 0.750. The van der Waals surface area contributed by atoms with Crippen LogP contribution >= 0.6 is 0 Å². The van der Waals surface area contributed by atoms with Crippen molar-refractivity contribution in [1.82, 2.24) is 5.32 Å². The molecule has 100 valence electrons. The normalized spacial score (nSPS) is 35.3. The number of hydrogen-bond acceptors (Lipinski definition) is 3. The fraction of sp³-hybridized carbons (Fsp3) is 1.00. The lowest BCUT2D eigenvalue weighted by atomic mass is 9.84. The summed E-state index contributed by atoms with van der Waals surface area (Å²) in [5.74, 6) is 0. The van der Waals surface area contributed by atoms with Gasteiger partial charge in [0.2, 0.25) is 0 Å². The van der Waals surface area contributed by atoms with Crippen molar-refractivity contribution < 1.29 is 9.47 Å². The zero-order valence-electron chi connectivity index (χ0n) is 11.3. The number of nitrogens with one attached hydrogen (secondary N) is 1. The molecule has 17 heavy (non-hydrogen) atoms. The van der Waals surface area contributed by atoms with E-state index in [2.05, 4.69) is 12.2 Å². The van der Waals surface area contributed by atoms with Gasteiger partial charge in [-0.05, 0) is 26.2 Å². The summed E-state index contributed by atoms with van der Waals surface area (Å²) in [4.78, 5) is 0. The Labute approximate surface area is 105 Å². The fourth-order valence-electron chi connectivity index (χ4n) is 3.19. The van der Waals surface area contributed by atoms with Gasteiger partial charge in [0.25, 0.3) is 0 Å². The number of hydrogen-bond donors (Lipinski definition) is 1. The molecule has 0 aromatic rings. The van der Waals surface area contributed by atoms with Crippen LogP contribution < -0.4 is 5.32 Å². The molecule has 2 fully saturated rings. The highest BCUT2D eigenvalue weighted by atomic mass is 16.5. The molecule has 3 heteroatoms. The predicted octanol–water partition coefficient (Wildman–Crippen LogP) is 2.49. The molecule has 0 heterocycles. The Morgan fingerprint density at radius 2 is 1.82 bits per heavy atom. The molecule has 2 saturated carbocycles. The molecular formula is C14H27NO2. The molecule has 0 spiro atoms. The van der Waals surface area contributed by atoms with Crippen LogP contribution in [0.4, 0.5) is 0 Å². The monoisotopic (exact) mass is 241 g/mol. The zero-order valence-corrected chi connectivity index (χ0v) is 11.3. The second-order valence-corrected chi connectivity index (χ2v) is 5.39. The summed E-state index contributed by atoms with van der Waals surface area (Å²) in [7, 11) is 1.80. The van der Waals surface area contributed by atoms with Gasteiger partial charge in [0.15, 0.2) is 0 Å². The molecule has 2 aliphatic carbocycles. The van der Waals surface area contributed by atoms with Crippen LogP contribution in [-0.4, -0.2) is 38.0 Å². The van der Waals surface area contributed by atoms with Crippen molar-refractivity contribution in [3.05, 3.63) is 0 Å². The van der Waals surface area contributed by atoms with Crippen LogP contribution in [0, 0.1) is 0 Å². The van der Waals surface area contributed by atoms with Gasteiger partial charge < -0.3 is 14.8 Å². The summed E-state index contributed by atoms with van der Waals surface area (Å²) >= 11 is 0. The second-order valence-electron chi connectivity index (χ2n) is 5.39. The number of methoxy groups -OCH3 is 1. The first-order valence-corrected chi connectivity index (χ1v) is 7.25. The minimum Gasteiger partial charge on any atom is -0.377 e. The third-order valence-electron chi connectivity index (χ3n) is 4.21. The lowest BCUT2D eigenvalue weighted by Gasteiger charge is -2.45. The van der Waals surface area contributed by atoms with Crippen LogP contribution in [0.5, 0.6) is 0 Å². The molecule has 2 aliphatic rings. The van der Waals surface area contributed by atoms with E-state index in [4.69, 9.17) is 9.47 Å². The van der Waals surface area contributed by atoms with Crippen LogP contribution in [0.25, 0.3) is 0 Å². The van der Waals surface area contributed by atoms with Crippen molar-refractivity contribution in [2.24, 2.45) is 0 Å². The number of rotatable bonds is 5. The summed E-state index contributed by atoms with van der Waals surface area (Å²) in [5.41, 5.74) is 0. The number of ether oxygens (including phenoxy) is 2. The summed E-state index contributed by atoms with van der Waals surface area (Å²) in [6.45, 7) is 2.85. The van der Waals surface area contributed by atoms with Crippen LogP contribution in [0.1, 0.15) is 51.9 Å². The van der Waals surface area contributed by atoms with Crippen LogP contribution in [0.2, 0.25) is 0 Å². The van der Waals surface area contributed by atoms with Gasteiger partial charge in [-0.2, -0.15) is 0 Å². The van der Waals surface area contributed by atoms with E-state index >= 15 is 0 Å². The van der Waals surface area contributed by atoms with Gasteiger partial charge in [-0.1, -0.05) is 25.7 Å². The van der Waals surface area contributed by atoms with Gasteiger partial charge in [0.05, 0.1) is 12.2 Å². The second kappa shape index (κ2) is 6.72. The Balaban J connectivity index is 1.75. The summed E-state index contributed by atoms with van der Waals surface area (Å²) in [5, 5.41) is 3.78. The zero-order chi connectivity index (χ0) is 12.1. The van der Waals surface area contributed by atoms with Gasteiger partial charge in [-0.3, -0.25) is 0 Å². The lowest BCUT2D eigenvalue weighted by Crippen LogP contribution is -2.61. The van der Waals surface area contributed by atoms with Crippen LogP contribution in [-0.2, 0) is 9.47 Å². The molecule has 3 nitrogen and oxygen atoms in total. The average Bonchev–Trinajstić information content (AvgIpc) is 2.56. The van der Waals surface area contributed by atoms with Gasteiger partial charge in [-0.25, -0.2) is 0 Å². The highest BCUT2D eigenvalue weighted by Crippen LogP contribution is 2.29. The lowest BCUT2D eigenvalue weighted by molar-refractivity contribution is -0.133. The van der Waals surface area contributed by atoms with Crippen molar-refractivity contribution >= 4 is 0 Å². The van der Waals surface area contributed by atoms with E-state index in [0.717, 1.165) is 13.0 Å². The van der Waals surface area contributed by atoms with E-state index in [1.807, 2.05) is 0 Å². The molecule has 0 unspecified atom stereocenters. The van der Waals surface area contributed by atoms with E-state index in [1.54, 1.807) is 7.11 Å². The largest absolute Gasteiger partial charge is 0.377 e. The Kier molecular flexibility index (Phi) is 5.26. The molecule has 0 aliphatic heterocycles. The smallest absolute Gasteiger partial charge is 0.0986 e. The maximum absolute atomic E-state index is 5.66. The standard InChI is InChI=1S/C14H27NO2/c1-3-17-13-10-12(14(13)16-2)15-11-8-6-4-5-7-9-11/h11-15H,3-10H2,1-2H3/t12-,13+,14+/m0/s1. The van der Waals surface area contributed by atoms with Crippen molar-refractivity contribution in [2.75, 3.05) is 13.7 Å². The Morgan fingerprint density at radius 1 is 1.12 bits per heavy atom. The Morgan fingerprint density at radius 3 is 2.41 bits per heavy atom. The average molecular weight is 241 g/mol. The summed E-state index contributed by atoms with van der Waals surface area (Å²) in [6.07, 6.45) is 9.97. The van der Waals surface area contributed by atoms with E-state index < -0.39 is 0 Å². The predicted molar refractivity (Wildman–Crippen MR) is 69.2 cm³/mol. The molecule has 0 bridgehead atoms. The molecule has 0 aromatic heterocycles. The van der Waals surface area contributed by atoms with E-state index in [9.17, 15) is 0 Å². The Bertz CT molecular complexity index is 214. The van der Waals surface area contributed by atoms with Gasteiger partial charge in [0.1, 0.15) is 0 Å². The third-order valence-corrected chi connectivity index (χ3v) is 4.21. The molecule has 0 saturated heterocycles. The molecule has 0 radical (unpaired) electrons. The fourth-order valence-corrected chi connectivity index (χ4v) is 3.19. The third kappa shape index (κ3) is 3.43. The Hall–Kier alpha value is -0.120. The van der Waals surface area contributed by atoms with Gasteiger partial charge in [0, 0.05) is 25.8 Å². The molecule has 3 atom stereocenters. The first kappa shape index (κ1) is 13.3. The van der Waals surface area contributed by atoms with Crippen molar-refractivity contribution in [2.45, 2.75) is 76.2 Å². The van der Waals surface area contributed by atoms with E-state index in [0.29, 0.717) is 18.2 Å². The van der Waals surface area contributed by atoms with E-state index in [-0.39, 0.29) is 6.10 Å². The first-order valence-electron chi connectivity index (χ1n) is 7.25. The molecule has 1 N–H and O–H groups in total. The highest BCUT2D eigenvalue weighted by Gasteiger charge is 2.42. The maximum atomic E-state index is 5.66. The topological polar surface area (TPSA) is 30.5 Å². The molecule has 0 amide bonds. The maximum Gasteiger partial charge on any atom is 0.0986 e.